The minimum atomic E-state index is -0.132. The van der Waals surface area contributed by atoms with Crippen LogP contribution in [0.2, 0.25) is 0 Å². The van der Waals surface area contributed by atoms with Crippen LogP contribution < -0.4 is 5.32 Å². The summed E-state index contributed by atoms with van der Waals surface area (Å²) in [6.07, 6.45) is 3.47. The van der Waals surface area contributed by atoms with Crippen LogP contribution in [0.4, 0.5) is 5.69 Å². The largest absolute Gasteiger partial charge is 0.469 e. The Morgan fingerprint density at radius 2 is 2.56 bits per heavy atom. The van der Waals surface area contributed by atoms with E-state index in [0.29, 0.717) is 12.5 Å². The van der Waals surface area contributed by atoms with Crippen LogP contribution in [-0.4, -0.2) is 19.1 Å². The number of benzene rings is 1. The van der Waals surface area contributed by atoms with Crippen molar-refractivity contribution in [1.82, 2.24) is 0 Å². The van der Waals surface area contributed by atoms with Crippen molar-refractivity contribution in [3.8, 4) is 0 Å². The summed E-state index contributed by atoms with van der Waals surface area (Å²) in [5.74, 6) is -0.132. The summed E-state index contributed by atoms with van der Waals surface area (Å²) in [6, 6.07) is 9.45. The van der Waals surface area contributed by atoms with E-state index in [-0.39, 0.29) is 5.97 Å². The lowest BCUT2D eigenvalue weighted by Gasteiger charge is -2.26. The third-order valence-electron chi connectivity index (χ3n) is 3.00. The Morgan fingerprint density at radius 1 is 1.69 bits per heavy atom. The van der Waals surface area contributed by atoms with Gasteiger partial charge in [-0.15, -0.1) is 0 Å². The number of anilines is 1. The molecule has 0 bridgehead atoms. The van der Waals surface area contributed by atoms with Gasteiger partial charge in [0.25, 0.3) is 0 Å². The highest BCUT2D eigenvalue weighted by Crippen LogP contribution is 2.25. The summed E-state index contributed by atoms with van der Waals surface area (Å²) >= 11 is 0. The molecule has 0 fully saturated rings. The van der Waals surface area contributed by atoms with Gasteiger partial charge in [-0.05, 0) is 37.0 Å². The molecule has 0 saturated heterocycles. The predicted molar refractivity (Wildman–Crippen MR) is 62.3 cm³/mol. The molecule has 0 saturated carbocycles. The molecule has 85 valence electrons. The molecule has 1 heterocycles. The zero-order valence-corrected chi connectivity index (χ0v) is 9.45. The van der Waals surface area contributed by atoms with Crippen LogP contribution in [0.15, 0.2) is 18.2 Å². The lowest BCUT2D eigenvalue weighted by Crippen LogP contribution is -2.26. The summed E-state index contributed by atoms with van der Waals surface area (Å²) in [5.41, 5.74) is 2.50. The fourth-order valence-corrected chi connectivity index (χ4v) is 2.05. The maximum absolute atomic E-state index is 11.0. The number of esters is 1. The van der Waals surface area contributed by atoms with Gasteiger partial charge in [-0.2, -0.15) is 0 Å². The third kappa shape index (κ3) is 2.54. The summed E-state index contributed by atoms with van der Waals surface area (Å²) in [6.45, 7) is 0. The second-order valence-corrected chi connectivity index (χ2v) is 4.08. The molecule has 0 spiro atoms. The third-order valence-corrected chi connectivity index (χ3v) is 3.00. The van der Waals surface area contributed by atoms with Gasteiger partial charge in [0.15, 0.2) is 0 Å². The molecule has 0 aliphatic carbocycles. The van der Waals surface area contributed by atoms with Gasteiger partial charge in [-0.1, -0.05) is 12.1 Å². The molecule has 1 aliphatic heterocycles. The molecule has 1 N–H and O–H groups in total. The van der Waals surface area contributed by atoms with E-state index in [1.54, 1.807) is 0 Å². The maximum atomic E-state index is 11.0. The van der Waals surface area contributed by atoms with Gasteiger partial charge in [0.1, 0.15) is 0 Å². The minimum Gasteiger partial charge on any atom is -0.469 e. The Labute approximate surface area is 95.8 Å². The number of fused-ring (bicyclic) bond motifs is 1. The first-order valence-electron chi connectivity index (χ1n) is 5.62. The quantitative estimate of drug-likeness (QED) is 0.790. The average molecular weight is 218 g/mol. The summed E-state index contributed by atoms with van der Waals surface area (Å²) in [4.78, 5) is 11.0. The molecular weight excluding hydrogens is 202 g/mol. The maximum Gasteiger partial charge on any atom is 0.305 e. The summed E-state index contributed by atoms with van der Waals surface area (Å²) in [7, 11) is 1.43. The highest BCUT2D eigenvalue weighted by atomic mass is 16.5. The van der Waals surface area contributed by atoms with Gasteiger partial charge in [-0.25, -0.2) is 0 Å². The monoisotopic (exact) mass is 218 g/mol. The van der Waals surface area contributed by atoms with Crippen LogP contribution in [0, 0.1) is 6.07 Å². The minimum absolute atomic E-state index is 0.132. The zero-order valence-electron chi connectivity index (χ0n) is 9.45. The van der Waals surface area contributed by atoms with Crippen molar-refractivity contribution in [3.05, 3.63) is 29.8 Å². The van der Waals surface area contributed by atoms with E-state index >= 15 is 0 Å². The Kier molecular flexibility index (Phi) is 3.44. The van der Waals surface area contributed by atoms with Crippen molar-refractivity contribution in [3.63, 3.8) is 0 Å². The van der Waals surface area contributed by atoms with Gasteiger partial charge >= 0.3 is 5.97 Å². The lowest BCUT2D eigenvalue weighted by molar-refractivity contribution is -0.140. The topological polar surface area (TPSA) is 38.3 Å². The highest BCUT2D eigenvalue weighted by molar-refractivity contribution is 5.69. The molecule has 0 aromatic heterocycles. The predicted octanol–water partition coefficient (Wildman–Crippen LogP) is 2.17. The first kappa shape index (κ1) is 11.0. The fourth-order valence-electron chi connectivity index (χ4n) is 2.05. The van der Waals surface area contributed by atoms with Crippen molar-refractivity contribution in [1.29, 1.82) is 0 Å². The van der Waals surface area contributed by atoms with Gasteiger partial charge in [0.05, 0.1) is 7.11 Å². The van der Waals surface area contributed by atoms with Crippen LogP contribution in [0.1, 0.15) is 24.8 Å². The molecule has 3 nitrogen and oxygen atoms in total. The van der Waals surface area contributed by atoms with Crippen LogP contribution >= 0.6 is 0 Å². The number of carbonyl (C=O) groups is 1. The van der Waals surface area contributed by atoms with Gasteiger partial charge in [0.2, 0.25) is 0 Å². The molecule has 3 heteroatoms. The SMILES string of the molecule is COC(=O)CCC1CCc2cc[c]cc2N1. The number of ether oxygens (including phenoxy) is 1. The van der Waals surface area contributed by atoms with E-state index in [1.165, 1.54) is 12.7 Å². The van der Waals surface area contributed by atoms with E-state index in [0.717, 1.165) is 24.9 Å². The van der Waals surface area contributed by atoms with E-state index in [2.05, 4.69) is 22.2 Å². The molecule has 2 rings (SSSR count). The van der Waals surface area contributed by atoms with Crippen molar-refractivity contribution >= 4 is 11.7 Å². The van der Waals surface area contributed by atoms with Gasteiger partial charge < -0.3 is 10.1 Å². The van der Waals surface area contributed by atoms with E-state index in [1.807, 2.05) is 12.1 Å². The fraction of sp³-hybridized carbons (Fsp3) is 0.462. The molecule has 1 radical (unpaired) electrons. The van der Waals surface area contributed by atoms with E-state index < -0.39 is 0 Å². The normalized spacial score (nSPS) is 18.4. The average Bonchev–Trinajstić information content (AvgIpc) is 2.35. The van der Waals surface area contributed by atoms with E-state index in [9.17, 15) is 4.79 Å². The number of methoxy groups -OCH3 is 1. The summed E-state index contributed by atoms with van der Waals surface area (Å²) in [5, 5.41) is 3.44. The highest BCUT2D eigenvalue weighted by Gasteiger charge is 2.17. The first-order valence-corrected chi connectivity index (χ1v) is 5.62. The van der Waals surface area contributed by atoms with Gasteiger partial charge in [0, 0.05) is 18.2 Å². The standard InChI is InChI=1S/C13H16NO2/c1-16-13(15)9-8-11-7-6-10-4-2-3-5-12(10)14-11/h2,4-5,11,14H,6-9H2,1H3. The molecule has 1 atom stereocenters. The molecular formula is C13H16NO2. The molecule has 1 aliphatic rings. The van der Waals surface area contributed by atoms with Crippen molar-refractivity contribution < 1.29 is 9.53 Å². The smallest absolute Gasteiger partial charge is 0.305 e. The number of rotatable bonds is 3. The Morgan fingerprint density at radius 3 is 3.38 bits per heavy atom. The van der Waals surface area contributed by atoms with Crippen LogP contribution in [-0.2, 0) is 16.0 Å². The Hall–Kier alpha value is -1.51. The lowest BCUT2D eigenvalue weighted by atomic mass is 9.95. The molecule has 1 unspecified atom stereocenters. The van der Waals surface area contributed by atoms with Crippen LogP contribution in [0.3, 0.4) is 0 Å². The van der Waals surface area contributed by atoms with Crippen molar-refractivity contribution in [2.45, 2.75) is 31.7 Å². The zero-order chi connectivity index (χ0) is 11.4. The van der Waals surface area contributed by atoms with Gasteiger partial charge in [-0.3, -0.25) is 4.79 Å². The Bertz CT molecular complexity index is 376. The molecule has 0 amide bonds. The van der Waals surface area contributed by atoms with E-state index in [4.69, 9.17) is 0 Å². The number of hydrogen-bond donors (Lipinski definition) is 1. The molecule has 16 heavy (non-hydrogen) atoms. The van der Waals surface area contributed by atoms with Crippen LogP contribution in [0.25, 0.3) is 0 Å². The first-order chi connectivity index (χ1) is 7.79. The second-order valence-electron chi connectivity index (χ2n) is 4.08. The van der Waals surface area contributed by atoms with Crippen molar-refractivity contribution in [2.24, 2.45) is 0 Å². The second kappa shape index (κ2) is 5.01. The molecule has 1 aromatic rings. The van der Waals surface area contributed by atoms with Crippen LogP contribution in [0.5, 0.6) is 0 Å². The number of carbonyl (C=O) groups excluding carboxylic acids is 1. The van der Waals surface area contributed by atoms with Crippen molar-refractivity contribution in [2.75, 3.05) is 12.4 Å². The Balaban J connectivity index is 1.90. The number of aryl methyl sites for hydroxylation is 1. The number of nitrogens with one attached hydrogen (secondary N) is 1. The molecule has 1 aromatic carbocycles. The number of hydrogen-bond acceptors (Lipinski definition) is 3. The summed E-state index contributed by atoms with van der Waals surface area (Å²) < 4.78 is 4.64.